The van der Waals surface area contributed by atoms with Crippen LogP contribution in [0.2, 0.25) is 5.02 Å². The van der Waals surface area contributed by atoms with Crippen molar-refractivity contribution in [3.8, 4) is 11.8 Å². The highest BCUT2D eigenvalue weighted by Gasteiger charge is 2.10. The fraction of sp³-hybridized carbons (Fsp3) is 0.0417. The van der Waals surface area contributed by atoms with Crippen LogP contribution in [0, 0.1) is 17.1 Å². The van der Waals surface area contributed by atoms with E-state index < -0.39 is 17.6 Å². The summed E-state index contributed by atoms with van der Waals surface area (Å²) in [4.78, 5) is 24.3. The molecule has 0 fully saturated rings. The van der Waals surface area contributed by atoms with E-state index in [-0.39, 0.29) is 12.2 Å². The Kier molecular flexibility index (Phi) is 7.57. The number of carbonyl (C=O) groups is 2. The van der Waals surface area contributed by atoms with Crippen molar-refractivity contribution in [3.05, 3.63) is 94.8 Å². The molecule has 8 heteroatoms. The van der Waals surface area contributed by atoms with Gasteiger partial charge in [-0.05, 0) is 66.2 Å². The molecule has 0 aliphatic heterocycles. The van der Waals surface area contributed by atoms with E-state index in [4.69, 9.17) is 16.3 Å². The van der Waals surface area contributed by atoms with Crippen molar-refractivity contribution in [2.45, 2.75) is 0 Å². The van der Waals surface area contributed by atoms with Gasteiger partial charge in [-0.15, -0.1) is 0 Å². The van der Waals surface area contributed by atoms with E-state index >= 15 is 0 Å². The standard InChI is InChI=1S/C24H17ClFN3O3/c25-18-2-1-3-21(13-18)29-24(31)17(14-27)12-16-4-10-22(11-5-16)32-15-23(30)28-20-8-6-19(26)7-9-20/h1-13H,15H2,(H,28,30)(H,29,31). The maximum atomic E-state index is 12.9. The first-order valence-corrected chi connectivity index (χ1v) is 9.78. The lowest BCUT2D eigenvalue weighted by Crippen LogP contribution is -2.20. The molecule has 0 unspecified atom stereocenters. The number of hydrogen-bond donors (Lipinski definition) is 2. The van der Waals surface area contributed by atoms with Crippen LogP contribution in [0.3, 0.4) is 0 Å². The van der Waals surface area contributed by atoms with Gasteiger partial charge in [-0.3, -0.25) is 9.59 Å². The number of amides is 2. The molecule has 0 radical (unpaired) electrons. The molecule has 3 aromatic rings. The third-order valence-corrected chi connectivity index (χ3v) is 4.37. The Balaban J connectivity index is 1.57. The number of nitrogens with one attached hydrogen (secondary N) is 2. The van der Waals surface area contributed by atoms with Crippen molar-refractivity contribution < 1.29 is 18.7 Å². The van der Waals surface area contributed by atoms with E-state index in [1.165, 1.54) is 30.3 Å². The van der Waals surface area contributed by atoms with Gasteiger partial charge in [-0.1, -0.05) is 29.8 Å². The van der Waals surface area contributed by atoms with Gasteiger partial charge in [0.25, 0.3) is 11.8 Å². The molecule has 0 aliphatic carbocycles. The van der Waals surface area contributed by atoms with Crippen LogP contribution in [0.25, 0.3) is 6.08 Å². The zero-order valence-electron chi connectivity index (χ0n) is 16.6. The Bertz CT molecular complexity index is 1190. The van der Waals surface area contributed by atoms with Gasteiger partial charge in [-0.2, -0.15) is 5.26 Å². The SMILES string of the molecule is N#CC(=Cc1ccc(OCC(=O)Nc2ccc(F)cc2)cc1)C(=O)Nc1cccc(Cl)c1. The van der Waals surface area contributed by atoms with Crippen molar-refractivity contribution in [2.24, 2.45) is 0 Å². The van der Waals surface area contributed by atoms with Crippen molar-refractivity contribution in [1.29, 1.82) is 5.26 Å². The number of nitrogens with zero attached hydrogens (tertiary/aromatic N) is 1. The monoisotopic (exact) mass is 449 g/mol. The van der Waals surface area contributed by atoms with Crippen molar-refractivity contribution in [1.82, 2.24) is 0 Å². The highest BCUT2D eigenvalue weighted by atomic mass is 35.5. The number of rotatable bonds is 7. The van der Waals surface area contributed by atoms with Crippen LogP contribution >= 0.6 is 11.6 Å². The van der Waals surface area contributed by atoms with Crippen molar-refractivity contribution >= 4 is 40.9 Å². The maximum Gasteiger partial charge on any atom is 0.266 e. The summed E-state index contributed by atoms with van der Waals surface area (Å²) < 4.78 is 18.3. The molecule has 0 aromatic heterocycles. The molecular formula is C24H17ClFN3O3. The molecule has 6 nitrogen and oxygen atoms in total. The normalized spacial score (nSPS) is 10.7. The van der Waals surface area contributed by atoms with Gasteiger partial charge in [-0.25, -0.2) is 4.39 Å². The maximum absolute atomic E-state index is 12.9. The van der Waals surface area contributed by atoms with Crippen LogP contribution in [0.1, 0.15) is 5.56 Å². The number of ether oxygens (including phenoxy) is 1. The van der Waals surface area contributed by atoms with E-state index in [0.29, 0.717) is 27.7 Å². The predicted octanol–water partition coefficient (Wildman–Crippen LogP) is 5.04. The first kappa shape index (κ1) is 22.5. The highest BCUT2D eigenvalue weighted by Crippen LogP contribution is 2.18. The first-order valence-electron chi connectivity index (χ1n) is 9.40. The molecule has 0 aliphatic rings. The predicted molar refractivity (Wildman–Crippen MR) is 121 cm³/mol. The number of carbonyl (C=O) groups excluding carboxylic acids is 2. The molecule has 0 spiro atoms. The molecule has 3 aromatic carbocycles. The van der Waals surface area contributed by atoms with E-state index in [9.17, 15) is 19.2 Å². The highest BCUT2D eigenvalue weighted by molar-refractivity contribution is 6.31. The zero-order valence-corrected chi connectivity index (χ0v) is 17.4. The average molecular weight is 450 g/mol. The minimum absolute atomic E-state index is 0.0858. The molecule has 2 amide bonds. The lowest BCUT2D eigenvalue weighted by atomic mass is 10.1. The fourth-order valence-corrected chi connectivity index (χ4v) is 2.81. The largest absolute Gasteiger partial charge is 0.484 e. The van der Waals surface area contributed by atoms with Crippen molar-refractivity contribution in [3.63, 3.8) is 0 Å². The second kappa shape index (κ2) is 10.8. The molecule has 0 saturated carbocycles. The van der Waals surface area contributed by atoms with Gasteiger partial charge in [0.1, 0.15) is 23.2 Å². The van der Waals surface area contributed by atoms with Crippen LogP contribution < -0.4 is 15.4 Å². The van der Waals surface area contributed by atoms with Gasteiger partial charge >= 0.3 is 0 Å². The molecule has 2 N–H and O–H groups in total. The summed E-state index contributed by atoms with van der Waals surface area (Å²) in [5.74, 6) is -0.925. The van der Waals surface area contributed by atoms with Gasteiger partial charge in [0.05, 0.1) is 0 Å². The van der Waals surface area contributed by atoms with Gasteiger partial charge in [0.2, 0.25) is 0 Å². The quantitative estimate of drug-likeness (QED) is 0.390. The summed E-state index contributed by atoms with van der Waals surface area (Å²) in [6, 6.07) is 20.4. The Hall–Kier alpha value is -4.15. The Morgan fingerprint density at radius 2 is 1.72 bits per heavy atom. The summed E-state index contributed by atoms with van der Waals surface area (Å²) in [6.07, 6.45) is 1.44. The molecule has 3 rings (SSSR count). The molecule has 0 heterocycles. The van der Waals surface area contributed by atoms with Crippen LogP contribution in [0.4, 0.5) is 15.8 Å². The second-order valence-electron chi connectivity index (χ2n) is 6.55. The number of benzene rings is 3. The average Bonchev–Trinajstić information content (AvgIpc) is 2.78. The zero-order chi connectivity index (χ0) is 22.9. The molecule has 0 atom stereocenters. The van der Waals surface area contributed by atoms with Gasteiger partial charge in [0, 0.05) is 16.4 Å². The third-order valence-electron chi connectivity index (χ3n) is 4.14. The Labute approximate surface area is 188 Å². The minimum atomic E-state index is -0.562. The Morgan fingerprint density at radius 1 is 1.00 bits per heavy atom. The molecule has 32 heavy (non-hydrogen) atoms. The summed E-state index contributed by atoms with van der Waals surface area (Å²) in [5.41, 5.74) is 1.45. The topological polar surface area (TPSA) is 91.2 Å². The van der Waals surface area contributed by atoms with Crippen LogP contribution in [0.5, 0.6) is 5.75 Å². The summed E-state index contributed by atoms with van der Waals surface area (Å²) in [7, 11) is 0. The Morgan fingerprint density at radius 3 is 2.38 bits per heavy atom. The first-order chi connectivity index (χ1) is 15.4. The molecule has 160 valence electrons. The molecular weight excluding hydrogens is 433 g/mol. The fourth-order valence-electron chi connectivity index (χ4n) is 2.62. The second-order valence-corrected chi connectivity index (χ2v) is 6.98. The lowest BCUT2D eigenvalue weighted by molar-refractivity contribution is -0.118. The van der Waals surface area contributed by atoms with Crippen molar-refractivity contribution in [2.75, 3.05) is 17.2 Å². The smallest absolute Gasteiger partial charge is 0.266 e. The summed E-state index contributed by atoms with van der Waals surface area (Å²) >= 11 is 5.90. The van der Waals surface area contributed by atoms with E-state index in [1.54, 1.807) is 48.5 Å². The van der Waals surface area contributed by atoms with Crippen LogP contribution in [-0.4, -0.2) is 18.4 Å². The van der Waals surface area contributed by atoms with E-state index in [2.05, 4.69) is 10.6 Å². The van der Waals surface area contributed by atoms with Crippen LogP contribution in [-0.2, 0) is 9.59 Å². The lowest BCUT2D eigenvalue weighted by Gasteiger charge is -2.08. The van der Waals surface area contributed by atoms with Gasteiger partial charge in [0.15, 0.2) is 6.61 Å². The number of halogens is 2. The number of nitriles is 1. The third kappa shape index (κ3) is 6.69. The number of hydrogen-bond acceptors (Lipinski definition) is 4. The minimum Gasteiger partial charge on any atom is -0.484 e. The molecule has 0 bridgehead atoms. The molecule has 0 saturated heterocycles. The van der Waals surface area contributed by atoms with E-state index in [1.807, 2.05) is 6.07 Å². The van der Waals surface area contributed by atoms with Crippen LogP contribution in [0.15, 0.2) is 78.4 Å². The summed E-state index contributed by atoms with van der Waals surface area (Å²) in [5, 5.41) is 15.0. The number of anilines is 2. The van der Waals surface area contributed by atoms with E-state index in [0.717, 1.165) is 0 Å². The summed E-state index contributed by atoms with van der Waals surface area (Å²) in [6.45, 7) is -0.238. The van der Waals surface area contributed by atoms with Gasteiger partial charge < -0.3 is 15.4 Å².